The minimum absolute atomic E-state index is 0.140. The first-order valence-corrected chi connectivity index (χ1v) is 4.65. The van der Waals surface area contributed by atoms with Crippen molar-refractivity contribution in [2.75, 3.05) is 13.6 Å². The number of hydrogen-bond donors (Lipinski definition) is 2. The van der Waals surface area contributed by atoms with Crippen molar-refractivity contribution in [2.45, 2.75) is 6.42 Å². The molecule has 0 aliphatic heterocycles. The number of phenols is 1. The van der Waals surface area contributed by atoms with Gasteiger partial charge in [-0.25, -0.2) is 4.39 Å². The molecule has 0 aliphatic carbocycles. The van der Waals surface area contributed by atoms with E-state index in [9.17, 15) is 8.78 Å². The van der Waals surface area contributed by atoms with Crippen molar-refractivity contribution < 1.29 is 13.9 Å². The molecule has 1 aromatic rings. The van der Waals surface area contributed by atoms with Crippen LogP contribution in [-0.2, 0) is 0 Å². The highest BCUT2D eigenvalue weighted by Gasteiger charge is 2.10. The number of nitrogens with one attached hydrogen (secondary N) is 1. The summed E-state index contributed by atoms with van der Waals surface area (Å²) >= 11 is 0. The van der Waals surface area contributed by atoms with Gasteiger partial charge < -0.3 is 10.4 Å². The quantitative estimate of drug-likeness (QED) is 0.752. The smallest absolute Gasteiger partial charge is 0.200 e. The van der Waals surface area contributed by atoms with Gasteiger partial charge in [-0.2, -0.15) is 4.39 Å². The molecule has 4 heteroatoms. The van der Waals surface area contributed by atoms with Crippen molar-refractivity contribution >= 4 is 6.08 Å². The Hall–Kier alpha value is -1.42. The van der Waals surface area contributed by atoms with Crippen LogP contribution in [-0.4, -0.2) is 18.7 Å². The molecule has 0 atom stereocenters. The molecule has 2 N–H and O–H groups in total. The van der Waals surface area contributed by atoms with E-state index in [1.807, 2.05) is 7.05 Å². The van der Waals surface area contributed by atoms with Crippen LogP contribution in [0.4, 0.5) is 8.78 Å². The molecule has 0 fully saturated rings. The van der Waals surface area contributed by atoms with E-state index in [0.717, 1.165) is 19.0 Å². The minimum atomic E-state index is -1.20. The van der Waals surface area contributed by atoms with Crippen LogP contribution in [0.15, 0.2) is 18.2 Å². The molecule has 0 aliphatic rings. The Morgan fingerprint density at radius 2 is 2.07 bits per heavy atom. The van der Waals surface area contributed by atoms with Crippen molar-refractivity contribution in [1.29, 1.82) is 0 Å². The van der Waals surface area contributed by atoms with Gasteiger partial charge in [0.15, 0.2) is 11.6 Å². The van der Waals surface area contributed by atoms with Gasteiger partial charge in [-0.3, -0.25) is 0 Å². The third-order valence-electron chi connectivity index (χ3n) is 1.95. The van der Waals surface area contributed by atoms with Gasteiger partial charge in [-0.05, 0) is 32.1 Å². The van der Waals surface area contributed by atoms with E-state index in [1.54, 1.807) is 6.08 Å². The predicted octanol–water partition coefficient (Wildman–Crippen LogP) is 2.29. The summed E-state index contributed by atoms with van der Waals surface area (Å²) in [4.78, 5) is 0. The second kappa shape index (κ2) is 5.46. The van der Waals surface area contributed by atoms with Gasteiger partial charge in [-0.15, -0.1) is 0 Å². The Kier molecular flexibility index (Phi) is 4.24. The molecule has 0 unspecified atom stereocenters. The summed E-state index contributed by atoms with van der Waals surface area (Å²) in [6.07, 6.45) is 3.97. The maximum atomic E-state index is 13.2. The van der Waals surface area contributed by atoms with Crippen molar-refractivity contribution in [3.63, 3.8) is 0 Å². The fourth-order valence-corrected chi connectivity index (χ4v) is 1.12. The largest absolute Gasteiger partial charge is 0.505 e. The van der Waals surface area contributed by atoms with Crippen LogP contribution in [0.2, 0.25) is 0 Å². The first-order valence-electron chi connectivity index (χ1n) is 4.65. The number of benzene rings is 1. The predicted molar refractivity (Wildman–Crippen MR) is 55.6 cm³/mol. The normalized spacial score (nSPS) is 11.1. The molecule has 0 radical (unpaired) electrons. The Morgan fingerprint density at radius 3 is 2.73 bits per heavy atom. The summed E-state index contributed by atoms with van der Waals surface area (Å²) in [6, 6.07) is 2.47. The molecule has 15 heavy (non-hydrogen) atoms. The van der Waals surface area contributed by atoms with E-state index in [2.05, 4.69) is 5.32 Å². The number of phenolic OH excluding ortho intramolecular Hbond substituents is 1. The molecule has 82 valence electrons. The average Bonchev–Trinajstić information content (AvgIpc) is 2.24. The fourth-order valence-electron chi connectivity index (χ4n) is 1.12. The van der Waals surface area contributed by atoms with Crippen LogP contribution >= 0.6 is 0 Å². The number of aromatic hydroxyl groups is 1. The van der Waals surface area contributed by atoms with Gasteiger partial charge >= 0.3 is 0 Å². The van der Waals surface area contributed by atoms with Gasteiger partial charge in [0.05, 0.1) is 0 Å². The molecule has 1 aromatic carbocycles. The summed E-state index contributed by atoms with van der Waals surface area (Å²) < 4.78 is 26.1. The first-order chi connectivity index (χ1) is 7.16. The van der Waals surface area contributed by atoms with Gasteiger partial charge in [0.1, 0.15) is 0 Å². The summed E-state index contributed by atoms with van der Waals surface area (Å²) in [5, 5.41) is 11.8. The summed E-state index contributed by atoms with van der Waals surface area (Å²) in [6.45, 7) is 0.776. The van der Waals surface area contributed by atoms with E-state index < -0.39 is 17.4 Å². The molecule has 0 bridgehead atoms. The molecule has 1 rings (SSSR count). The molecule has 0 aromatic heterocycles. The molecule has 0 amide bonds. The molecule has 0 saturated carbocycles. The van der Waals surface area contributed by atoms with Crippen molar-refractivity contribution in [3.8, 4) is 5.75 Å². The highest BCUT2D eigenvalue weighted by molar-refractivity contribution is 5.51. The zero-order chi connectivity index (χ0) is 11.3. The van der Waals surface area contributed by atoms with E-state index >= 15 is 0 Å². The Labute approximate surface area is 87.2 Å². The van der Waals surface area contributed by atoms with Gasteiger partial charge in [-0.1, -0.05) is 12.2 Å². The summed E-state index contributed by atoms with van der Waals surface area (Å²) in [7, 11) is 1.81. The molecule has 0 saturated heterocycles. The van der Waals surface area contributed by atoms with Gasteiger partial charge in [0, 0.05) is 5.56 Å². The van der Waals surface area contributed by atoms with Crippen LogP contribution < -0.4 is 5.32 Å². The lowest BCUT2D eigenvalue weighted by Gasteiger charge is -2.00. The standard InChI is InChI=1S/C11H13F2NO/c1-14-7-3-2-4-8-5-6-9(15)11(13)10(8)12/h2,4-6,14-15H,3,7H2,1H3. The molecular weight excluding hydrogens is 200 g/mol. The average molecular weight is 213 g/mol. The van der Waals surface area contributed by atoms with Gasteiger partial charge in [0.25, 0.3) is 0 Å². The lowest BCUT2D eigenvalue weighted by atomic mass is 10.1. The van der Waals surface area contributed by atoms with Crippen molar-refractivity contribution in [3.05, 3.63) is 35.4 Å². The number of halogens is 2. The monoisotopic (exact) mass is 213 g/mol. The second-order valence-electron chi connectivity index (χ2n) is 3.10. The Bertz CT molecular complexity index is 364. The maximum Gasteiger partial charge on any atom is 0.200 e. The van der Waals surface area contributed by atoms with Crippen LogP contribution in [0.25, 0.3) is 6.08 Å². The lowest BCUT2D eigenvalue weighted by Crippen LogP contribution is -2.05. The van der Waals surface area contributed by atoms with Gasteiger partial charge in [0.2, 0.25) is 5.82 Å². The van der Waals surface area contributed by atoms with E-state index in [-0.39, 0.29) is 5.56 Å². The third kappa shape index (κ3) is 3.02. The lowest BCUT2D eigenvalue weighted by molar-refractivity contribution is 0.406. The van der Waals surface area contributed by atoms with E-state index in [4.69, 9.17) is 5.11 Å². The minimum Gasteiger partial charge on any atom is -0.505 e. The van der Waals surface area contributed by atoms with E-state index in [0.29, 0.717) is 0 Å². The van der Waals surface area contributed by atoms with Crippen molar-refractivity contribution in [2.24, 2.45) is 0 Å². The molecule has 0 heterocycles. The fraction of sp³-hybridized carbons (Fsp3) is 0.273. The summed E-state index contributed by atoms with van der Waals surface area (Å²) in [5.41, 5.74) is 0.140. The number of rotatable bonds is 4. The third-order valence-corrected chi connectivity index (χ3v) is 1.95. The number of hydrogen-bond acceptors (Lipinski definition) is 2. The van der Waals surface area contributed by atoms with Crippen LogP contribution in [0, 0.1) is 11.6 Å². The second-order valence-corrected chi connectivity index (χ2v) is 3.10. The van der Waals surface area contributed by atoms with Crippen LogP contribution in [0.5, 0.6) is 5.75 Å². The molecule has 0 spiro atoms. The maximum absolute atomic E-state index is 13.2. The first kappa shape index (κ1) is 11.7. The zero-order valence-electron chi connectivity index (χ0n) is 8.43. The highest BCUT2D eigenvalue weighted by atomic mass is 19.2. The van der Waals surface area contributed by atoms with Crippen LogP contribution in [0.3, 0.4) is 0 Å². The summed E-state index contributed by atoms with van der Waals surface area (Å²) in [5.74, 6) is -2.89. The zero-order valence-corrected chi connectivity index (χ0v) is 8.43. The topological polar surface area (TPSA) is 32.3 Å². The SMILES string of the molecule is CNCCC=Cc1ccc(O)c(F)c1F. The highest BCUT2D eigenvalue weighted by Crippen LogP contribution is 2.21. The Balaban J connectivity index is 2.78. The van der Waals surface area contributed by atoms with Crippen LogP contribution in [0.1, 0.15) is 12.0 Å². The molecular formula is C11H13F2NO. The Morgan fingerprint density at radius 1 is 1.33 bits per heavy atom. The van der Waals surface area contributed by atoms with Crippen molar-refractivity contribution in [1.82, 2.24) is 5.32 Å². The van der Waals surface area contributed by atoms with E-state index in [1.165, 1.54) is 12.1 Å². The molecule has 2 nitrogen and oxygen atoms in total.